The average molecular weight is 301 g/mol. The van der Waals surface area contributed by atoms with Gasteiger partial charge in [0.05, 0.1) is 5.02 Å². The van der Waals surface area contributed by atoms with Crippen LogP contribution in [0.15, 0.2) is 36.4 Å². The number of hydrogen-bond acceptors (Lipinski definition) is 2. The Hall–Kier alpha value is -2.01. The van der Waals surface area contributed by atoms with Crippen molar-refractivity contribution in [3.05, 3.63) is 64.4 Å². The van der Waals surface area contributed by atoms with Crippen LogP contribution < -0.4 is 4.74 Å². The molecule has 0 aromatic heterocycles. The van der Waals surface area contributed by atoms with Crippen LogP contribution in [0.5, 0.6) is 5.75 Å². The van der Waals surface area contributed by atoms with Gasteiger partial charge in [-0.1, -0.05) is 17.7 Å². The van der Waals surface area contributed by atoms with Crippen molar-refractivity contribution in [1.29, 1.82) is 0 Å². The zero-order valence-corrected chi connectivity index (χ0v) is 10.8. The lowest BCUT2D eigenvalue weighted by Gasteiger charge is -2.07. The van der Waals surface area contributed by atoms with E-state index in [1.165, 1.54) is 18.2 Å². The van der Waals surface area contributed by atoms with Gasteiger partial charge < -0.3 is 4.74 Å². The Morgan fingerprint density at radius 2 is 1.85 bits per heavy atom. The fourth-order valence-electron chi connectivity index (χ4n) is 1.49. The first-order chi connectivity index (χ1) is 9.49. The fraction of sp³-hybridized carbons (Fsp3) is 0.0714. The molecule has 0 radical (unpaired) electrons. The van der Waals surface area contributed by atoms with Crippen LogP contribution in [0, 0.1) is 17.5 Å². The SMILES string of the molecule is O=C(COc1cccc(Cl)c1F)c1ccc(F)c(F)c1. The molecule has 2 aromatic carbocycles. The minimum absolute atomic E-state index is 0.0636. The number of carbonyl (C=O) groups is 1. The molecule has 0 aliphatic carbocycles. The Bertz CT molecular complexity index is 659. The number of benzene rings is 2. The Morgan fingerprint density at radius 1 is 1.10 bits per heavy atom. The van der Waals surface area contributed by atoms with E-state index in [0.29, 0.717) is 0 Å². The number of halogens is 4. The highest BCUT2D eigenvalue weighted by Crippen LogP contribution is 2.24. The van der Waals surface area contributed by atoms with Crippen molar-refractivity contribution < 1.29 is 22.7 Å². The van der Waals surface area contributed by atoms with E-state index in [1.54, 1.807) is 0 Å². The molecule has 20 heavy (non-hydrogen) atoms. The van der Waals surface area contributed by atoms with Gasteiger partial charge in [0.25, 0.3) is 0 Å². The third-order valence-corrected chi connectivity index (χ3v) is 2.81. The molecular weight excluding hydrogens is 293 g/mol. The molecule has 0 aliphatic heterocycles. The van der Waals surface area contributed by atoms with Gasteiger partial charge in [0, 0.05) is 5.56 Å². The molecule has 0 fully saturated rings. The maximum Gasteiger partial charge on any atom is 0.200 e. The van der Waals surface area contributed by atoms with Crippen LogP contribution in [0.3, 0.4) is 0 Å². The third-order valence-electron chi connectivity index (χ3n) is 2.52. The van der Waals surface area contributed by atoms with Crippen molar-refractivity contribution in [2.24, 2.45) is 0 Å². The second kappa shape index (κ2) is 5.96. The second-order valence-corrected chi connectivity index (χ2v) is 4.30. The van der Waals surface area contributed by atoms with E-state index in [-0.39, 0.29) is 16.3 Å². The third kappa shape index (κ3) is 3.11. The van der Waals surface area contributed by atoms with Crippen LogP contribution >= 0.6 is 11.6 Å². The van der Waals surface area contributed by atoms with Crippen molar-refractivity contribution in [3.63, 3.8) is 0 Å². The van der Waals surface area contributed by atoms with E-state index in [4.69, 9.17) is 16.3 Å². The van der Waals surface area contributed by atoms with Gasteiger partial charge >= 0.3 is 0 Å². The molecule has 0 heterocycles. The van der Waals surface area contributed by atoms with Gasteiger partial charge in [0.15, 0.2) is 35.6 Å². The number of ketones is 1. The molecule has 0 spiro atoms. The van der Waals surface area contributed by atoms with E-state index in [2.05, 4.69) is 0 Å². The monoisotopic (exact) mass is 300 g/mol. The van der Waals surface area contributed by atoms with Gasteiger partial charge in [0.2, 0.25) is 0 Å². The molecule has 104 valence electrons. The van der Waals surface area contributed by atoms with Gasteiger partial charge in [-0.3, -0.25) is 4.79 Å². The van der Waals surface area contributed by atoms with Crippen molar-refractivity contribution in [3.8, 4) is 5.75 Å². The average Bonchev–Trinajstić information content (AvgIpc) is 2.43. The minimum atomic E-state index is -1.13. The number of ether oxygens (including phenoxy) is 1. The molecular formula is C14H8ClF3O2. The molecule has 2 rings (SSSR count). The maximum atomic E-state index is 13.5. The molecule has 6 heteroatoms. The number of Topliss-reactive ketones (excluding diaryl/α,β-unsaturated/α-hetero) is 1. The highest BCUT2D eigenvalue weighted by atomic mass is 35.5. The first-order valence-corrected chi connectivity index (χ1v) is 5.92. The summed E-state index contributed by atoms with van der Waals surface area (Å²) < 4.78 is 44.2. The Morgan fingerprint density at radius 3 is 2.55 bits per heavy atom. The van der Waals surface area contributed by atoms with Crippen LogP contribution in [0.25, 0.3) is 0 Å². The first-order valence-electron chi connectivity index (χ1n) is 5.54. The highest BCUT2D eigenvalue weighted by molar-refractivity contribution is 6.30. The summed E-state index contributed by atoms with van der Waals surface area (Å²) in [4.78, 5) is 11.7. The molecule has 0 amide bonds. The molecule has 0 N–H and O–H groups in total. The van der Waals surface area contributed by atoms with Crippen molar-refractivity contribution >= 4 is 17.4 Å². The van der Waals surface area contributed by atoms with Gasteiger partial charge in [-0.15, -0.1) is 0 Å². The van der Waals surface area contributed by atoms with Crippen LogP contribution in [0.1, 0.15) is 10.4 Å². The van der Waals surface area contributed by atoms with Crippen molar-refractivity contribution in [1.82, 2.24) is 0 Å². The number of carbonyl (C=O) groups excluding carboxylic acids is 1. The molecule has 0 atom stereocenters. The van der Waals surface area contributed by atoms with E-state index in [1.807, 2.05) is 0 Å². The van der Waals surface area contributed by atoms with Crippen LogP contribution in [-0.2, 0) is 0 Å². The van der Waals surface area contributed by atoms with E-state index in [0.717, 1.165) is 18.2 Å². The normalized spacial score (nSPS) is 10.4. The molecule has 0 saturated heterocycles. The largest absolute Gasteiger partial charge is 0.482 e. The van der Waals surface area contributed by atoms with Crippen molar-refractivity contribution in [2.45, 2.75) is 0 Å². The molecule has 0 saturated carbocycles. The maximum absolute atomic E-state index is 13.5. The smallest absolute Gasteiger partial charge is 0.200 e. The Balaban J connectivity index is 2.08. The summed E-state index contributed by atoms with van der Waals surface area (Å²) in [6.07, 6.45) is 0. The van der Waals surface area contributed by atoms with Gasteiger partial charge in [0.1, 0.15) is 0 Å². The Kier molecular flexibility index (Phi) is 4.29. The highest BCUT2D eigenvalue weighted by Gasteiger charge is 2.13. The summed E-state index contributed by atoms with van der Waals surface area (Å²) in [5, 5.41) is -0.136. The van der Waals surface area contributed by atoms with Gasteiger partial charge in [-0.2, -0.15) is 0 Å². The fourth-order valence-corrected chi connectivity index (χ4v) is 1.66. The van der Waals surface area contributed by atoms with E-state index in [9.17, 15) is 18.0 Å². The molecule has 0 unspecified atom stereocenters. The minimum Gasteiger partial charge on any atom is -0.482 e. The van der Waals surface area contributed by atoms with Crippen molar-refractivity contribution in [2.75, 3.05) is 6.61 Å². The second-order valence-electron chi connectivity index (χ2n) is 3.89. The molecule has 2 aromatic rings. The summed E-state index contributed by atoms with van der Waals surface area (Å²) in [5.74, 6) is -3.77. The summed E-state index contributed by atoms with van der Waals surface area (Å²) in [5.41, 5.74) is -0.0636. The van der Waals surface area contributed by atoms with E-state index >= 15 is 0 Å². The lowest BCUT2D eigenvalue weighted by Crippen LogP contribution is -2.12. The summed E-state index contributed by atoms with van der Waals surface area (Å²) in [6, 6.07) is 6.82. The molecule has 2 nitrogen and oxygen atoms in total. The van der Waals surface area contributed by atoms with Crippen LogP contribution in [0.2, 0.25) is 5.02 Å². The predicted molar refractivity (Wildman–Crippen MR) is 67.6 cm³/mol. The molecule has 0 bridgehead atoms. The Labute approximate surface area is 117 Å². The summed E-state index contributed by atoms with van der Waals surface area (Å²) in [7, 11) is 0. The number of hydrogen-bond donors (Lipinski definition) is 0. The lowest BCUT2D eigenvalue weighted by atomic mass is 10.1. The quantitative estimate of drug-likeness (QED) is 0.797. The predicted octanol–water partition coefficient (Wildman–Crippen LogP) is 4.02. The molecule has 0 aliphatic rings. The van der Waals surface area contributed by atoms with Gasteiger partial charge in [-0.25, -0.2) is 13.2 Å². The van der Waals surface area contributed by atoms with Gasteiger partial charge in [-0.05, 0) is 30.3 Å². The number of rotatable bonds is 4. The topological polar surface area (TPSA) is 26.3 Å². The van der Waals surface area contributed by atoms with Crippen LogP contribution in [-0.4, -0.2) is 12.4 Å². The van der Waals surface area contributed by atoms with Crippen LogP contribution in [0.4, 0.5) is 13.2 Å². The summed E-state index contributed by atoms with van der Waals surface area (Å²) >= 11 is 5.55. The summed E-state index contributed by atoms with van der Waals surface area (Å²) in [6.45, 7) is -0.512. The lowest BCUT2D eigenvalue weighted by molar-refractivity contribution is 0.0918. The zero-order valence-electron chi connectivity index (χ0n) is 10.00. The standard InChI is InChI=1S/C14H8ClF3O2/c15-9-2-1-3-13(14(9)18)20-7-12(19)8-4-5-10(16)11(17)6-8/h1-6H,7H2. The first kappa shape index (κ1) is 14.4. The zero-order chi connectivity index (χ0) is 14.7. The van der Waals surface area contributed by atoms with E-state index < -0.39 is 29.8 Å².